The molecule has 0 atom stereocenters. The van der Waals surface area contributed by atoms with Gasteiger partial charge in [-0.1, -0.05) is 12.1 Å². The Labute approximate surface area is 161 Å². The molecule has 3 aromatic rings. The number of nitrogens with one attached hydrogen (secondary N) is 2. The Morgan fingerprint density at radius 3 is 2.46 bits per heavy atom. The summed E-state index contributed by atoms with van der Waals surface area (Å²) >= 11 is 0. The van der Waals surface area contributed by atoms with E-state index in [0.29, 0.717) is 31.2 Å². The van der Waals surface area contributed by atoms with Crippen LogP contribution in [-0.2, 0) is 6.54 Å². The van der Waals surface area contributed by atoms with Crippen molar-refractivity contribution in [3.63, 3.8) is 0 Å². The summed E-state index contributed by atoms with van der Waals surface area (Å²) in [4.78, 5) is 16.4. The van der Waals surface area contributed by atoms with Crippen molar-refractivity contribution < 1.29 is 18.7 Å². The van der Waals surface area contributed by atoms with Crippen molar-refractivity contribution >= 4 is 17.3 Å². The van der Waals surface area contributed by atoms with Crippen LogP contribution in [0.25, 0.3) is 0 Å². The Morgan fingerprint density at radius 1 is 0.964 bits per heavy atom. The summed E-state index contributed by atoms with van der Waals surface area (Å²) in [6.07, 6.45) is 1.59. The predicted octanol–water partition coefficient (Wildman–Crippen LogP) is 3.67. The molecule has 7 heteroatoms. The zero-order valence-corrected chi connectivity index (χ0v) is 14.9. The van der Waals surface area contributed by atoms with Crippen LogP contribution in [0.15, 0.2) is 60.8 Å². The lowest BCUT2D eigenvalue weighted by atomic mass is 10.2. The molecule has 1 aliphatic rings. The van der Waals surface area contributed by atoms with Crippen LogP contribution < -0.4 is 20.1 Å². The van der Waals surface area contributed by atoms with Crippen molar-refractivity contribution in [1.82, 2.24) is 10.3 Å². The molecule has 6 nitrogen and oxygen atoms in total. The van der Waals surface area contributed by atoms with Gasteiger partial charge in [-0.25, -0.2) is 9.37 Å². The van der Waals surface area contributed by atoms with Gasteiger partial charge in [0.25, 0.3) is 5.91 Å². The summed E-state index contributed by atoms with van der Waals surface area (Å²) in [7, 11) is 0. The zero-order chi connectivity index (χ0) is 19.3. The number of carbonyl (C=O) groups is 1. The van der Waals surface area contributed by atoms with E-state index in [2.05, 4.69) is 15.6 Å². The number of amides is 1. The van der Waals surface area contributed by atoms with Gasteiger partial charge < -0.3 is 20.1 Å². The van der Waals surface area contributed by atoms with E-state index in [1.54, 1.807) is 30.5 Å². The Balaban J connectivity index is 1.36. The van der Waals surface area contributed by atoms with Crippen LogP contribution in [-0.4, -0.2) is 24.1 Å². The van der Waals surface area contributed by atoms with Crippen LogP contribution in [0.1, 0.15) is 16.1 Å². The van der Waals surface area contributed by atoms with E-state index in [-0.39, 0.29) is 11.7 Å². The molecular weight excluding hydrogens is 361 g/mol. The van der Waals surface area contributed by atoms with E-state index < -0.39 is 0 Å². The first-order valence-electron chi connectivity index (χ1n) is 8.83. The number of rotatable bonds is 5. The number of pyridine rings is 1. The van der Waals surface area contributed by atoms with E-state index in [0.717, 1.165) is 22.7 Å². The van der Waals surface area contributed by atoms with Gasteiger partial charge in [0, 0.05) is 18.3 Å². The number of hydrogen-bond donors (Lipinski definition) is 2. The Morgan fingerprint density at radius 2 is 1.71 bits per heavy atom. The number of hydrogen-bond acceptors (Lipinski definition) is 5. The third-order valence-corrected chi connectivity index (χ3v) is 4.19. The van der Waals surface area contributed by atoms with Crippen LogP contribution in [0.2, 0.25) is 0 Å². The van der Waals surface area contributed by atoms with Crippen molar-refractivity contribution in [2.45, 2.75) is 6.54 Å². The van der Waals surface area contributed by atoms with Crippen molar-refractivity contribution in [2.24, 2.45) is 0 Å². The van der Waals surface area contributed by atoms with E-state index in [1.165, 1.54) is 12.1 Å². The molecule has 2 heterocycles. The molecular formula is C21H18FN3O3. The quantitative estimate of drug-likeness (QED) is 0.708. The molecule has 0 saturated carbocycles. The number of nitrogens with zero attached hydrogens (tertiary/aromatic N) is 1. The number of ether oxygens (including phenoxy) is 2. The number of benzene rings is 2. The number of carbonyl (C=O) groups excluding carboxylic acids is 1. The summed E-state index contributed by atoms with van der Waals surface area (Å²) in [5.74, 6) is 0.817. The lowest BCUT2D eigenvalue weighted by Gasteiger charge is -2.19. The second kappa shape index (κ2) is 7.96. The maximum atomic E-state index is 12.9. The highest BCUT2D eigenvalue weighted by molar-refractivity contribution is 5.92. The molecule has 0 fully saturated rings. The van der Waals surface area contributed by atoms with E-state index in [1.807, 2.05) is 18.2 Å². The first-order chi connectivity index (χ1) is 13.7. The SMILES string of the molecule is O=C(NCc1ccc(F)cc1)c1ccc(Nc2ccc3c(c2)OCCO3)cn1. The van der Waals surface area contributed by atoms with Crippen LogP contribution in [0, 0.1) is 5.82 Å². The van der Waals surface area contributed by atoms with Crippen LogP contribution >= 0.6 is 0 Å². The van der Waals surface area contributed by atoms with Crippen LogP contribution in [0.3, 0.4) is 0 Å². The number of halogens is 1. The molecule has 0 unspecified atom stereocenters. The number of fused-ring (bicyclic) bond motifs is 1. The molecule has 1 aliphatic heterocycles. The minimum Gasteiger partial charge on any atom is -0.486 e. The summed E-state index contributed by atoms with van der Waals surface area (Å²) in [5, 5.41) is 5.98. The largest absolute Gasteiger partial charge is 0.486 e. The van der Waals surface area contributed by atoms with Gasteiger partial charge in [0.1, 0.15) is 24.7 Å². The Bertz CT molecular complexity index is 975. The van der Waals surface area contributed by atoms with E-state index >= 15 is 0 Å². The first-order valence-corrected chi connectivity index (χ1v) is 8.83. The molecule has 28 heavy (non-hydrogen) atoms. The monoisotopic (exact) mass is 379 g/mol. The molecule has 2 N–H and O–H groups in total. The summed E-state index contributed by atoms with van der Waals surface area (Å²) in [5.41, 5.74) is 2.69. The molecule has 0 saturated heterocycles. The summed E-state index contributed by atoms with van der Waals surface area (Å²) in [6, 6.07) is 15.0. The van der Waals surface area contributed by atoms with Crippen LogP contribution in [0.5, 0.6) is 11.5 Å². The second-order valence-corrected chi connectivity index (χ2v) is 6.22. The lowest BCUT2D eigenvalue weighted by molar-refractivity contribution is 0.0946. The molecule has 0 aliphatic carbocycles. The van der Waals surface area contributed by atoms with Gasteiger partial charge in [-0.05, 0) is 42.0 Å². The van der Waals surface area contributed by atoms with Crippen LogP contribution in [0.4, 0.5) is 15.8 Å². The van der Waals surface area contributed by atoms with Crippen molar-refractivity contribution in [3.8, 4) is 11.5 Å². The highest BCUT2D eigenvalue weighted by Gasteiger charge is 2.12. The molecule has 2 aromatic carbocycles. The zero-order valence-electron chi connectivity index (χ0n) is 14.9. The van der Waals surface area contributed by atoms with E-state index in [9.17, 15) is 9.18 Å². The minimum atomic E-state index is -0.308. The number of aromatic nitrogens is 1. The minimum absolute atomic E-state index is 0.296. The van der Waals surface area contributed by atoms with Gasteiger partial charge in [0.15, 0.2) is 11.5 Å². The number of anilines is 2. The second-order valence-electron chi connectivity index (χ2n) is 6.22. The normalized spacial score (nSPS) is 12.3. The predicted molar refractivity (Wildman–Crippen MR) is 103 cm³/mol. The first kappa shape index (κ1) is 17.8. The van der Waals surface area contributed by atoms with E-state index in [4.69, 9.17) is 9.47 Å². The maximum absolute atomic E-state index is 12.9. The smallest absolute Gasteiger partial charge is 0.270 e. The summed E-state index contributed by atoms with van der Waals surface area (Å²) < 4.78 is 24.0. The van der Waals surface area contributed by atoms with Gasteiger partial charge in [-0.2, -0.15) is 0 Å². The van der Waals surface area contributed by atoms with Gasteiger partial charge in [-0.3, -0.25) is 4.79 Å². The lowest BCUT2D eigenvalue weighted by Crippen LogP contribution is -2.23. The fraction of sp³-hybridized carbons (Fsp3) is 0.143. The highest BCUT2D eigenvalue weighted by Crippen LogP contribution is 2.33. The third-order valence-electron chi connectivity index (χ3n) is 4.19. The standard InChI is InChI=1S/C21H18FN3O3/c22-15-3-1-14(2-4-15)12-24-21(26)18-7-5-17(13-23-18)25-16-6-8-19-20(11-16)28-10-9-27-19/h1-8,11,13,25H,9-10,12H2,(H,24,26). The Kier molecular flexibility index (Phi) is 5.05. The van der Waals surface area contributed by atoms with Gasteiger partial charge in [0.2, 0.25) is 0 Å². The van der Waals surface area contributed by atoms with Gasteiger partial charge >= 0.3 is 0 Å². The maximum Gasteiger partial charge on any atom is 0.270 e. The highest BCUT2D eigenvalue weighted by atomic mass is 19.1. The van der Waals surface area contributed by atoms with Gasteiger partial charge in [-0.15, -0.1) is 0 Å². The Hall–Kier alpha value is -3.61. The molecule has 0 bridgehead atoms. The molecule has 1 amide bonds. The molecule has 0 radical (unpaired) electrons. The average Bonchev–Trinajstić information content (AvgIpc) is 2.73. The van der Waals surface area contributed by atoms with Gasteiger partial charge in [0.05, 0.1) is 11.9 Å². The molecule has 4 rings (SSSR count). The third kappa shape index (κ3) is 4.20. The average molecular weight is 379 g/mol. The summed E-state index contributed by atoms with van der Waals surface area (Å²) in [6.45, 7) is 1.38. The van der Waals surface area contributed by atoms with Crippen molar-refractivity contribution in [3.05, 3.63) is 77.9 Å². The van der Waals surface area contributed by atoms with Crippen molar-refractivity contribution in [2.75, 3.05) is 18.5 Å². The molecule has 0 spiro atoms. The molecule has 1 aromatic heterocycles. The fourth-order valence-electron chi connectivity index (χ4n) is 2.77. The molecule has 142 valence electrons. The topological polar surface area (TPSA) is 72.5 Å². The fourth-order valence-corrected chi connectivity index (χ4v) is 2.77. The van der Waals surface area contributed by atoms with Crippen molar-refractivity contribution in [1.29, 1.82) is 0 Å².